The smallest absolute Gasteiger partial charge is 0.135 e. The predicted molar refractivity (Wildman–Crippen MR) is 244 cm³/mol. The summed E-state index contributed by atoms with van der Waals surface area (Å²) in [6, 6.07) is 65.0. The Morgan fingerprint density at radius 3 is 1.81 bits per heavy atom. The summed E-state index contributed by atoms with van der Waals surface area (Å²) >= 11 is 0. The summed E-state index contributed by atoms with van der Waals surface area (Å²) in [6.45, 7) is 9.52. The van der Waals surface area contributed by atoms with Crippen molar-refractivity contribution in [2.75, 3.05) is 4.90 Å². The topological polar surface area (TPSA) is 16.4 Å². The van der Waals surface area contributed by atoms with Crippen molar-refractivity contribution >= 4 is 60.5 Å². The van der Waals surface area contributed by atoms with Gasteiger partial charge < -0.3 is 9.32 Å². The zero-order chi connectivity index (χ0) is 38.9. The quantitative estimate of drug-likeness (QED) is 0.178. The molecule has 2 aliphatic carbocycles. The summed E-state index contributed by atoms with van der Waals surface area (Å²) in [7, 11) is 0. The normalized spacial score (nSPS) is 14.5. The van der Waals surface area contributed by atoms with Crippen molar-refractivity contribution in [3.05, 3.63) is 198 Å². The third-order valence-corrected chi connectivity index (χ3v) is 13.4. The monoisotopic (exact) mass is 743 g/mol. The van der Waals surface area contributed by atoms with Crippen molar-refractivity contribution in [3.8, 4) is 33.4 Å². The minimum atomic E-state index is -0.222. The van der Waals surface area contributed by atoms with Crippen LogP contribution in [0.3, 0.4) is 0 Å². The third-order valence-electron chi connectivity index (χ3n) is 13.4. The average Bonchev–Trinajstić information content (AvgIpc) is 3.82. The van der Waals surface area contributed by atoms with Crippen LogP contribution in [0.25, 0.3) is 76.9 Å². The van der Waals surface area contributed by atoms with Gasteiger partial charge in [0.1, 0.15) is 11.2 Å². The summed E-state index contributed by atoms with van der Waals surface area (Å²) in [4.78, 5) is 2.45. The van der Waals surface area contributed by atoms with E-state index in [9.17, 15) is 0 Å². The second-order valence-corrected chi connectivity index (χ2v) is 17.3. The van der Waals surface area contributed by atoms with Crippen molar-refractivity contribution in [1.82, 2.24) is 0 Å². The summed E-state index contributed by atoms with van der Waals surface area (Å²) in [5.41, 5.74) is 18.1. The lowest BCUT2D eigenvalue weighted by molar-refractivity contribution is 0.647. The minimum absolute atomic E-state index is 0.149. The number of nitrogens with zero attached hydrogens (tertiary/aromatic N) is 1. The Kier molecular flexibility index (Phi) is 6.78. The van der Waals surface area contributed by atoms with E-state index in [1.54, 1.807) is 0 Å². The maximum Gasteiger partial charge on any atom is 0.135 e. The van der Waals surface area contributed by atoms with Crippen molar-refractivity contribution in [3.63, 3.8) is 0 Å². The number of hydrogen-bond acceptors (Lipinski definition) is 2. The van der Waals surface area contributed by atoms with Crippen molar-refractivity contribution < 1.29 is 4.42 Å². The minimum Gasteiger partial charge on any atom is -0.456 e. The molecule has 0 bridgehead atoms. The number of furan rings is 1. The molecule has 1 heterocycles. The summed E-state index contributed by atoms with van der Waals surface area (Å²) < 4.78 is 6.40. The first-order valence-electron chi connectivity index (χ1n) is 20.4. The van der Waals surface area contributed by atoms with Gasteiger partial charge in [-0.2, -0.15) is 0 Å². The van der Waals surface area contributed by atoms with Gasteiger partial charge in [0.15, 0.2) is 0 Å². The lowest BCUT2D eigenvalue weighted by Crippen LogP contribution is -2.17. The molecule has 58 heavy (non-hydrogen) atoms. The number of anilines is 3. The molecule has 0 spiro atoms. The molecule has 0 radical (unpaired) electrons. The number of para-hydroxylation sites is 1. The predicted octanol–water partition coefficient (Wildman–Crippen LogP) is 15.6. The Hall–Kier alpha value is -6.90. The molecule has 9 aromatic carbocycles. The number of rotatable bonds is 4. The lowest BCUT2D eigenvalue weighted by atomic mass is 9.78. The van der Waals surface area contributed by atoms with Crippen LogP contribution >= 0.6 is 0 Å². The van der Waals surface area contributed by atoms with Gasteiger partial charge in [0, 0.05) is 38.7 Å². The SMILES string of the molecule is CC1(C)c2cc(N(c3cccc(-c4ccccc4)c3)c3ccc4c5c(ccc4c3)-c3ccc4ccccc4c3C5(C)C)ccc2-c2cc3c(cc21)oc1ccccc13. The van der Waals surface area contributed by atoms with Gasteiger partial charge >= 0.3 is 0 Å². The first-order chi connectivity index (χ1) is 28.3. The van der Waals surface area contributed by atoms with E-state index in [1.807, 2.05) is 6.07 Å². The van der Waals surface area contributed by atoms with Crippen molar-refractivity contribution in [1.29, 1.82) is 0 Å². The molecule has 0 aliphatic heterocycles. The van der Waals surface area contributed by atoms with Gasteiger partial charge in [-0.3, -0.25) is 0 Å². The van der Waals surface area contributed by atoms with Gasteiger partial charge in [-0.05, 0) is 132 Å². The maximum atomic E-state index is 6.40. The molecule has 2 aliphatic rings. The molecule has 0 atom stereocenters. The summed E-state index contributed by atoms with van der Waals surface area (Å²) in [5, 5.41) is 7.53. The molecule has 0 amide bonds. The van der Waals surface area contributed by atoms with E-state index in [2.05, 4.69) is 202 Å². The van der Waals surface area contributed by atoms with E-state index >= 15 is 0 Å². The fourth-order valence-corrected chi connectivity index (χ4v) is 10.6. The van der Waals surface area contributed by atoms with E-state index in [0.717, 1.165) is 33.6 Å². The van der Waals surface area contributed by atoms with Crippen LogP contribution in [0, 0.1) is 0 Å². The third kappa shape index (κ3) is 4.60. The highest BCUT2D eigenvalue weighted by molar-refractivity contribution is 6.08. The van der Waals surface area contributed by atoms with Crippen LogP contribution in [0.1, 0.15) is 49.9 Å². The second kappa shape index (κ2) is 11.8. The zero-order valence-corrected chi connectivity index (χ0v) is 33.1. The molecule has 10 aromatic rings. The van der Waals surface area contributed by atoms with E-state index in [0.29, 0.717) is 0 Å². The molecule has 2 heteroatoms. The van der Waals surface area contributed by atoms with Gasteiger partial charge in [0.25, 0.3) is 0 Å². The van der Waals surface area contributed by atoms with Crippen LogP contribution in [0.15, 0.2) is 180 Å². The number of benzene rings is 9. The van der Waals surface area contributed by atoms with Gasteiger partial charge in [-0.25, -0.2) is 0 Å². The fourth-order valence-electron chi connectivity index (χ4n) is 10.6. The van der Waals surface area contributed by atoms with Gasteiger partial charge in [0.05, 0.1) is 0 Å². The first-order valence-corrected chi connectivity index (χ1v) is 20.4. The highest BCUT2D eigenvalue weighted by atomic mass is 16.3. The second-order valence-electron chi connectivity index (χ2n) is 17.3. The average molecular weight is 744 g/mol. The Morgan fingerprint density at radius 2 is 0.983 bits per heavy atom. The Morgan fingerprint density at radius 1 is 0.362 bits per heavy atom. The Balaban J connectivity index is 1.04. The molecule has 12 rings (SSSR count). The van der Waals surface area contributed by atoms with Crippen LogP contribution in [-0.2, 0) is 10.8 Å². The molecule has 0 saturated heterocycles. The maximum absolute atomic E-state index is 6.40. The Bertz CT molecular complexity index is 3350. The van der Waals surface area contributed by atoms with E-state index in [4.69, 9.17) is 4.42 Å². The largest absolute Gasteiger partial charge is 0.456 e. The highest BCUT2D eigenvalue weighted by Gasteiger charge is 2.39. The molecule has 0 fully saturated rings. The lowest BCUT2D eigenvalue weighted by Gasteiger charge is -2.29. The molecule has 0 saturated carbocycles. The van der Waals surface area contributed by atoms with E-state index in [1.165, 1.54) is 82.6 Å². The number of hydrogen-bond donors (Lipinski definition) is 0. The van der Waals surface area contributed by atoms with Crippen LogP contribution in [0.2, 0.25) is 0 Å². The van der Waals surface area contributed by atoms with Crippen LogP contribution < -0.4 is 4.90 Å². The van der Waals surface area contributed by atoms with Gasteiger partial charge in [-0.1, -0.05) is 149 Å². The molecular weight excluding hydrogens is 703 g/mol. The van der Waals surface area contributed by atoms with Crippen LogP contribution in [0.4, 0.5) is 17.1 Å². The standard InChI is InChI=1S/C56H41NO/c1-55(2)49-31-40(24-28-43(49)47-32-48-44-19-10-11-20-51(44)58-52(48)33-50(47)55)57(38-17-12-16-36(29-38)34-13-6-5-7-14-34)39-23-27-42-37(30-39)22-26-46-45-25-21-35-15-8-9-18-41(35)53(45)56(3,4)54(42)46/h5-33H,1-4H3. The zero-order valence-electron chi connectivity index (χ0n) is 33.1. The molecule has 0 unspecified atom stereocenters. The van der Waals surface area contributed by atoms with Gasteiger partial charge in [-0.15, -0.1) is 0 Å². The van der Waals surface area contributed by atoms with Crippen LogP contribution in [-0.4, -0.2) is 0 Å². The molecule has 0 N–H and O–H groups in total. The first kappa shape index (κ1) is 33.3. The van der Waals surface area contributed by atoms with Crippen molar-refractivity contribution in [2.45, 2.75) is 38.5 Å². The van der Waals surface area contributed by atoms with Crippen LogP contribution in [0.5, 0.6) is 0 Å². The Labute approximate surface area is 338 Å². The molecule has 1 aromatic heterocycles. The highest BCUT2D eigenvalue weighted by Crippen LogP contribution is 2.55. The van der Waals surface area contributed by atoms with Crippen molar-refractivity contribution in [2.24, 2.45) is 0 Å². The molecular formula is C56H41NO. The fraction of sp³-hybridized carbons (Fsp3) is 0.107. The van der Waals surface area contributed by atoms with E-state index in [-0.39, 0.29) is 10.8 Å². The number of fused-ring (bicyclic) bond motifs is 13. The summed E-state index contributed by atoms with van der Waals surface area (Å²) in [5.74, 6) is 0. The molecule has 276 valence electrons. The molecule has 2 nitrogen and oxygen atoms in total. The van der Waals surface area contributed by atoms with E-state index < -0.39 is 0 Å². The summed E-state index contributed by atoms with van der Waals surface area (Å²) in [6.07, 6.45) is 0. The van der Waals surface area contributed by atoms with Gasteiger partial charge in [0.2, 0.25) is 0 Å².